The number of alkyl halides is 2. The molecule has 0 saturated carbocycles. The number of nitrogens with zero attached hydrogens (tertiary/aromatic N) is 1. The highest BCUT2D eigenvalue weighted by Gasteiger charge is 2.48. The van der Waals surface area contributed by atoms with Crippen molar-refractivity contribution in [2.75, 3.05) is 13.2 Å². The molecule has 2 aliphatic rings. The van der Waals surface area contributed by atoms with E-state index < -0.39 is 48.1 Å². The van der Waals surface area contributed by atoms with E-state index >= 15 is 0 Å². The molecule has 0 aromatic carbocycles. The van der Waals surface area contributed by atoms with Crippen LogP contribution in [-0.2, 0) is 14.3 Å². The number of halogens is 2. The van der Waals surface area contributed by atoms with Gasteiger partial charge in [-0.1, -0.05) is 15.9 Å². The molecule has 2 heterocycles. The zero-order valence-electron chi connectivity index (χ0n) is 10.8. The first kappa shape index (κ1) is 15.6. The summed E-state index contributed by atoms with van der Waals surface area (Å²) in [5, 5.41) is 11.2. The summed E-state index contributed by atoms with van der Waals surface area (Å²) >= 11 is 3.15. The molecule has 2 saturated heterocycles. The van der Waals surface area contributed by atoms with Gasteiger partial charge in [0.2, 0.25) is 5.91 Å². The minimum absolute atomic E-state index is 0.0733. The lowest BCUT2D eigenvalue weighted by atomic mass is 10.2. The molecule has 9 heteroatoms. The number of urea groups is 1. The number of aliphatic hydroxyl groups is 1. The summed E-state index contributed by atoms with van der Waals surface area (Å²) < 4.78 is 24.4. The normalized spacial score (nSPS) is 38.2. The number of nitrogens with one attached hydrogen (secondary N) is 1. The van der Waals surface area contributed by atoms with Gasteiger partial charge in [-0.15, -0.1) is 0 Å². The molecule has 5 atom stereocenters. The average Bonchev–Trinajstić information content (AvgIpc) is 2.76. The molecule has 2 rings (SSSR count). The zero-order valence-corrected chi connectivity index (χ0v) is 12.4. The Morgan fingerprint density at radius 2 is 2.30 bits per heavy atom. The summed E-state index contributed by atoms with van der Waals surface area (Å²) in [5.41, 5.74) is 0. The Hall–Kier alpha value is -0.770. The topological polar surface area (TPSA) is 88.1 Å². The van der Waals surface area contributed by atoms with Gasteiger partial charge in [0.15, 0.2) is 6.23 Å². The Kier molecular flexibility index (Phi) is 4.95. The molecule has 0 aromatic heterocycles. The maximum Gasteiger partial charge on any atom is 0.328 e. The second kappa shape index (κ2) is 6.33. The van der Waals surface area contributed by atoms with Gasteiger partial charge >= 0.3 is 6.03 Å². The number of carbonyl (C=O) groups is 2. The van der Waals surface area contributed by atoms with Gasteiger partial charge in [0.1, 0.15) is 23.3 Å². The summed E-state index contributed by atoms with van der Waals surface area (Å²) in [6.45, 7) is 1.53. The Labute approximate surface area is 123 Å². The highest BCUT2D eigenvalue weighted by molar-refractivity contribution is 9.10. The molecule has 0 spiro atoms. The van der Waals surface area contributed by atoms with E-state index in [0.717, 1.165) is 4.90 Å². The fourth-order valence-electron chi connectivity index (χ4n) is 2.28. The lowest BCUT2D eigenvalue weighted by Gasteiger charge is -2.40. The van der Waals surface area contributed by atoms with E-state index in [0.29, 0.717) is 0 Å². The van der Waals surface area contributed by atoms with Crippen molar-refractivity contribution < 1.29 is 28.6 Å². The quantitative estimate of drug-likeness (QED) is 0.699. The van der Waals surface area contributed by atoms with Crippen molar-refractivity contribution in [3.63, 3.8) is 0 Å². The smallest absolute Gasteiger partial charge is 0.328 e. The molecule has 0 radical (unpaired) electrons. The van der Waals surface area contributed by atoms with Crippen molar-refractivity contribution in [1.82, 2.24) is 10.2 Å². The fraction of sp³-hybridized carbons (Fsp3) is 0.818. The molecule has 114 valence electrons. The van der Waals surface area contributed by atoms with Crippen LogP contribution in [0.1, 0.15) is 13.3 Å². The molecule has 7 nitrogen and oxygen atoms in total. The monoisotopic (exact) mass is 354 g/mol. The van der Waals surface area contributed by atoms with Crippen LogP contribution in [0.15, 0.2) is 0 Å². The molecular weight excluding hydrogens is 339 g/mol. The maximum absolute atomic E-state index is 13.6. The van der Waals surface area contributed by atoms with Crippen molar-refractivity contribution in [3.05, 3.63) is 0 Å². The number of rotatable bonds is 4. The molecule has 2 aliphatic heterocycles. The van der Waals surface area contributed by atoms with Gasteiger partial charge in [0, 0.05) is 13.0 Å². The molecule has 0 aromatic rings. The summed E-state index contributed by atoms with van der Waals surface area (Å²) in [7, 11) is 0. The average molecular weight is 355 g/mol. The van der Waals surface area contributed by atoms with E-state index in [9.17, 15) is 14.0 Å². The van der Waals surface area contributed by atoms with Crippen LogP contribution in [0.5, 0.6) is 0 Å². The van der Waals surface area contributed by atoms with Crippen LogP contribution in [0, 0.1) is 0 Å². The summed E-state index contributed by atoms with van der Waals surface area (Å²) in [5.74, 6) is -0.516. The Morgan fingerprint density at radius 1 is 1.60 bits per heavy atom. The van der Waals surface area contributed by atoms with Crippen molar-refractivity contribution >= 4 is 27.9 Å². The minimum Gasteiger partial charge on any atom is -0.394 e. The third-order valence-electron chi connectivity index (χ3n) is 3.23. The number of hydrogen-bond acceptors (Lipinski definition) is 5. The van der Waals surface area contributed by atoms with Gasteiger partial charge in [-0.25, -0.2) is 9.18 Å². The molecule has 2 fully saturated rings. The maximum atomic E-state index is 13.6. The van der Waals surface area contributed by atoms with E-state index in [2.05, 4.69) is 21.2 Å². The largest absolute Gasteiger partial charge is 0.394 e. The van der Waals surface area contributed by atoms with Gasteiger partial charge in [0.05, 0.1) is 6.61 Å². The molecule has 0 bridgehead atoms. The lowest BCUT2D eigenvalue weighted by Crippen LogP contribution is -2.64. The Balaban J connectivity index is 2.18. The molecule has 3 amide bonds. The number of imide groups is 1. The SMILES string of the molecule is CCOC1C(Br)C(=O)NC(=O)N1[C@@H]1CC(F)[C@H](CO)O1. The minimum atomic E-state index is -1.37. The van der Waals surface area contributed by atoms with Crippen LogP contribution in [0.2, 0.25) is 0 Å². The Morgan fingerprint density at radius 3 is 2.85 bits per heavy atom. The van der Waals surface area contributed by atoms with E-state index in [1.54, 1.807) is 6.92 Å². The van der Waals surface area contributed by atoms with Gasteiger partial charge in [-0.05, 0) is 6.92 Å². The van der Waals surface area contributed by atoms with Crippen molar-refractivity contribution in [3.8, 4) is 0 Å². The first-order chi connectivity index (χ1) is 9.49. The fourth-order valence-corrected chi connectivity index (χ4v) is 2.80. The number of ether oxygens (including phenoxy) is 2. The third-order valence-corrected chi connectivity index (χ3v) is 4.10. The second-order valence-corrected chi connectivity index (χ2v) is 5.50. The first-order valence-corrected chi connectivity index (χ1v) is 7.20. The standard InChI is InChI=1S/C11H16BrFN2O5/c1-2-19-10-8(12)9(17)14-11(18)15(10)7-3-5(13)6(4-16)20-7/h5-8,10,16H,2-4H2,1H3,(H,14,17,18)/t5?,6-,7-,8?,10?/m0/s1. The highest BCUT2D eigenvalue weighted by Crippen LogP contribution is 2.30. The van der Waals surface area contributed by atoms with E-state index in [-0.39, 0.29) is 13.0 Å². The number of hydrogen-bond donors (Lipinski definition) is 2. The number of aliphatic hydroxyl groups excluding tert-OH is 1. The van der Waals surface area contributed by atoms with Crippen LogP contribution in [0.4, 0.5) is 9.18 Å². The van der Waals surface area contributed by atoms with Crippen molar-refractivity contribution in [2.45, 2.75) is 42.9 Å². The van der Waals surface area contributed by atoms with Crippen LogP contribution in [0.3, 0.4) is 0 Å². The second-order valence-electron chi connectivity index (χ2n) is 4.51. The van der Waals surface area contributed by atoms with Gasteiger partial charge in [-0.2, -0.15) is 0 Å². The van der Waals surface area contributed by atoms with Crippen LogP contribution < -0.4 is 5.32 Å². The summed E-state index contributed by atoms with van der Waals surface area (Å²) in [6, 6.07) is -0.695. The molecule has 2 N–H and O–H groups in total. The number of carbonyl (C=O) groups excluding carboxylic acids is 2. The highest BCUT2D eigenvalue weighted by atomic mass is 79.9. The lowest BCUT2D eigenvalue weighted by molar-refractivity contribution is -0.148. The van der Waals surface area contributed by atoms with Crippen LogP contribution in [-0.4, -0.2) is 64.7 Å². The predicted molar refractivity (Wildman–Crippen MR) is 68.8 cm³/mol. The van der Waals surface area contributed by atoms with Crippen LogP contribution >= 0.6 is 15.9 Å². The van der Waals surface area contributed by atoms with Crippen molar-refractivity contribution in [1.29, 1.82) is 0 Å². The zero-order chi connectivity index (χ0) is 14.9. The van der Waals surface area contributed by atoms with Gasteiger partial charge < -0.3 is 14.6 Å². The molecular formula is C11H16BrFN2O5. The predicted octanol–water partition coefficient (Wildman–Crippen LogP) is 0.110. The molecule has 20 heavy (non-hydrogen) atoms. The summed E-state index contributed by atoms with van der Waals surface area (Å²) in [6.07, 6.45) is -4.17. The Bertz CT molecular complexity index is 399. The third kappa shape index (κ3) is 2.80. The number of amides is 3. The van der Waals surface area contributed by atoms with E-state index in [4.69, 9.17) is 14.6 Å². The van der Waals surface area contributed by atoms with E-state index in [1.807, 2.05) is 0 Å². The molecule has 0 aliphatic carbocycles. The first-order valence-electron chi connectivity index (χ1n) is 6.28. The van der Waals surface area contributed by atoms with Gasteiger partial charge in [-0.3, -0.25) is 15.0 Å². The van der Waals surface area contributed by atoms with Crippen molar-refractivity contribution in [2.24, 2.45) is 0 Å². The van der Waals surface area contributed by atoms with Crippen LogP contribution in [0.25, 0.3) is 0 Å². The van der Waals surface area contributed by atoms with Gasteiger partial charge in [0.25, 0.3) is 0 Å². The van der Waals surface area contributed by atoms with E-state index in [1.165, 1.54) is 0 Å². The summed E-state index contributed by atoms with van der Waals surface area (Å²) in [4.78, 5) is 23.9. The molecule has 3 unspecified atom stereocenters.